The highest BCUT2D eigenvalue weighted by Gasteiger charge is 2.63. The third-order valence-electron chi connectivity index (χ3n) is 9.62. The van der Waals surface area contributed by atoms with Gasteiger partial charge in [0.05, 0.1) is 13.2 Å². The van der Waals surface area contributed by atoms with Crippen molar-refractivity contribution in [1.29, 1.82) is 0 Å². The second-order valence-electron chi connectivity index (χ2n) is 10.7. The van der Waals surface area contributed by atoms with E-state index in [2.05, 4.69) is 13.8 Å². The van der Waals surface area contributed by atoms with Crippen LogP contribution in [-0.4, -0.2) is 31.1 Å². The molecule has 7 atom stereocenters. The Kier molecular flexibility index (Phi) is 4.22. The molecule has 4 saturated carbocycles. The van der Waals surface area contributed by atoms with Crippen molar-refractivity contribution >= 4 is 5.97 Å². The summed E-state index contributed by atoms with van der Waals surface area (Å²) in [6, 6.07) is 0. The topological polar surface area (TPSA) is 44.8 Å². The standard InChI is InChI=1S/C23H36O4/c1-15(24)27-20-7-6-18-17-5-4-16-8-11-23(25-12-13-26-23)14-22(16,3)19(17)9-10-21(18,20)2/h16-20H,4-14H2,1-3H3/t16-,17-,18+,19+,20+,21-,22-/m0/s1. The van der Waals surface area contributed by atoms with Gasteiger partial charge in [0.15, 0.2) is 5.79 Å². The van der Waals surface area contributed by atoms with Crippen molar-refractivity contribution in [2.24, 2.45) is 34.5 Å². The van der Waals surface area contributed by atoms with Gasteiger partial charge < -0.3 is 14.2 Å². The van der Waals surface area contributed by atoms with Crippen molar-refractivity contribution in [3.05, 3.63) is 0 Å². The Labute approximate surface area is 163 Å². The first-order valence-electron chi connectivity index (χ1n) is 11.3. The van der Waals surface area contributed by atoms with E-state index in [0.29, 0.717) is 11.3 Å². The van der Waals surface area contributed by atoms with Crippen molar-refractivity contribution in [1.82, 2.24) is 0 Å². The van der Waals surface area contributed by atoms with E-state index < -0.39 is 0 Å². The van der Waals surface area contributed by atoms with E-state index in [1.54, 1.807) is 6.92 Å². The smallest absolute Gasteiger partial charge is 0.302 e. The van der Waals surface area contributed by atoms with Crippen LogP contribution in [0.15, 0.2) is 0 Å². The summed E-state index contributed by atoms with van der Waals surface area (Å²) in [7, 11) is 0. The van der Waals surface area contributed by atoms with E-state index in [0.717, 1.165) is 50.2 Å². The molecule has 0 aromatic carbocycles. The number of hydrogen-bond donors (Lipinski definition) is 0. The van der Waals surface area contributed by atoms with Crippen molar-refractivity contribution in [3.8, 4) is 0 Å². The Morgan fingerprint density at radius 2 is 1.63 bits per heavy atom. The Balaban J connectivity index is 1.41. The minimum absolute atomic E-state index is 0.107. The molecular formula is C23H36O4. The fourth-order valence-electron chi connectivity index (χ4n) is 8.44. The number of ether oxygens (including phenoxy) is 3. The number of hydrogen-bond acceptors (Lipinski definition) is 4. The zero-order valence-electron chi connectivity index (χ0n) is 17.3. The Morgan fingerprint density at radius 1 is 0.889 bits per heavy atom. The Morgan fingerprint density at radius 3 is 2.37 bits per heavy atom. The highest BCUT2D eigenvalue weighted by Crippen LogP contribution is 2.67. The molecule has 5 fully saturated rings. The number of carbonyl (C=O) groups excluding carboxylic acids is 1. The van der Waals surface area contributed by atoms with Gasteiger partial charge in [0.2, 0.25) is 0 Å². The molecule has 4 heteroatoms. The van der Waals surface area contributed by atoms with Crippen LogP contribution in [0, 0.1) is 34.5 Å². The van der Waals surface area contributed by atoms with Crippen molar-refractivity contribution in [2.45, 2.75) is 90.4 Å². The molecule has 0 aromatic heterocycles. The van der Waals surface area contributed by atoms with Crippen LogP contribution < -0.4 is 0 Å². The van der Waals surface area contributed by atoms with Crippen LogP contribution >= 0.6 is 0 Å². The van der Waals surface area contributed by atoms with Gasteiger partial charge in [-0.2, -0.15) is 0 Å². The molecule has 0 amide bonds. The number of esters is 1. The molecule has 4 aliphatic carbocycles. The first-order chi connectivity index (χ1) is 12.9. The fourth-order valence-corrected chi connectivity index (χ4v) is 8.44. The highest BCUT2D eigenvalue weighted by atomic mass is 16.7. The van der Waals surface area contributed by atoms with Gasteiger partial charge in [0.1, 0.15) is 6.10 Å². The Hall–Kier alpha value is -0.610. The largest absolute Gasteiger partial charge is 0.462 e. The Bertz CT molecular complexity index is 611. The van der Waals surface area contributed by atoms with Crippen molar-refractivity contribution in [2.75, 3.05) is 13.2 Å². The van der Waals surface area contributed by atoms with Gasteiger partial charge in [-0.1, -0.05) is 13.8 Å². The average Bonchev–Trinajstić information content (AvgIpc) is 3.19. The van der Waals surface area contributed by atoms with E-state index in [-0.39, 0.29) is 23.3 Å². The van der Waals surface area contributed by atoms with Gasteiger partial charge >= 0.3 is 5.97 Å². The second-order valence-corrected chi connectivity index (χ2v) is 10.7. The summed E-state index contributed by atoms with van der Waals surface area (Å²) in [6.07, 6.45) is 11.1. The molecule has 4 nitrogen and oxygen atoms in total. The van der Waals surface area contributed by atoms with Crippen LogP contribution in [0.1, 0.15) is 78.6 Å². The van der Waals surface area contributed by atoms with Gasteiger partial charge in [-0.25, -0.2) is 0 Å². The number of fused-ring (bicyclic) bond motifs is 5. The monoisotopic (exact) mass is 376 g/mol. The molecule has 0 aromatic rings. The fraction of sp³-hybridized carbons (Fsp3) is 0.957. The van der Waals surface area contributed by atoms with Gasteiger partial charge in [0, 0.05) is 25.2 Å². The first kappa shape index (κ1) is 18.4. The highest BCUT2D eigenvalue weighted by molar-refractivity contribution is 5.66. The third kappa shape index (κ3) is 2.65. The molecule has 1 saturated heterocycles. The van der Waals surface area contributed by atoms with E-state index in [9.17, 15) is 4.79 Å². The molecule has 27 heavy (non-hydrogen) atoms. The summed E-state index contributed by atoms with van der Waals surface area (Å²) in [5.74, 6) is 2.69. The van der Waals surface area contributed by atoms with Crippen LogP contribution in [-0.2, 0) is 19.0 Å². The number of rotatable bonds is 1. The van der Waals surface area contributed by atoms with Gasteiger partial charge in [-0.15, -0.1) is 0 Å². The van der Waals surface area contributed by atoms with Crippen LogP contribution in [0.3, 0.4) is 0 Å². The average molecular weight is 377 g/mol. The minimum Gasteiger partial charge on any atom is -0.462 e. The lowest BCUT2D eigenvalue weighted by molar-refractivity contribution is -0.239. The first-order valence-corrected chi connectivity index (χ1v) is 11.3. The molecule has 0 unspecified atom stereocenters. The predicted molar refractivity (Wildman–Crippen MR) is 102 cm³/mol. The van der Waals surface area contributed by atoms with Gasteiger partial charge in [0.25, 0.3) is 0 Å². The SMILES string of the molecule is CC(=O)O[C@@H]1CC[C@@H]2[C@@H]3CC[C@H]4CCC5(C[C@]4(C)[C@@H]3CC[C@@]21C)OCCO5. The lowest BCUT2D eigenvalue weighted by Gasteiger charge is -2.62. The summed E-state index contributed by atoms with van der Waals surface area (Å²) in [5.41, 5.74) is 0.523. The van der Waals surface area contributed by atoms with E-state index >= 15 is 0 Å². The van der Waals surface area contributed by atoms with Crippen LogP contribution in [0.2, 0.25) is 0 Å². The molecular weight excluding hydrogens is 340 g/mol. The molecule has 5 aliphatic rings. The van der Waals surface area contributed by atoms with E-state index in [1.165, 1.54) is 38.5 Å². The van der Waals surface area contributed by atoms with Gasteiger partial charge in [-0.3, -0.25) is 4.79 Å². The predicted octanol–water partition coefficient (Wildman–Crippen LogP) is 4.70. The van der Waals surface area contributed by atoms with Crippen LogP contribution in [0.4, 0.5) is 0 Å². The quantitative estimate of drug-likeness (QED) is 0.622. The third-order valence-corrected chi connectivity index (χ3v) is 9.62. The summed E-state index contributed by atoms with van der Waals surface area (Å²) >= 11 is 0. The molecule has 1 aliphatic heterocycles. The molecule has 152 valence electrons. The van der Waals surface area contributed by atoms with Crippen molar-refractivity contribution in [3.63, 3.8) is 0 Å². The summed E-state index contributed by atoms with van der Waals surface area (Å²) in [6.45, 7) is 8.06. The normalized spacial score (nSPS) is 50.7. The maximum absolute atomic E-state index is 11.6. The summed E-state index contributed by atoms with van der Waals surface area (Å²) < 4.78 is 18.1. The minimum atomic E-state index is -0.288. The maximum atomic E-state index is 11.6. The summed E-state index contributed by atoms with van der Waals surface area (Å²) in [5, 5.41) is 0. The zero-order chi connectivity index (χ0) is 18.9. The van der Waals surface area contributed by atoms with E-state index in [1.807, 2.05) is 0 Å². The van der Waals surface area contributed by atoms with E-state index in [4.69, 9.17) is 14.2 Å². The van der Waals surface area contributed by atoms with Gasteiger partial charge in [-0.05, 0) is 74.0 Å². The molecule has 5 rings (SSSR count). The van der Waals surface area contributed by atoms with Crippen molar-refractivity contribution < 1.29 is 19.0 Å². The molecule has 1 spiro atoms. The maximum Gasteiger partial charge on any atom is 0.302 e. The molecule has 0 N–H and O–H groups in total. The lowest BCUT2D eigenvalue weighted by atomic mass is 9.44. The van der Waals surface area contributed by atoms with Crippen LogP contribution in [0.5, 0.6) is 0 Å². The molecule has 0 bridgehead atoms. The van der Waals surface area contributed by atoms with Crippen LogP contribution in [0.25, 0.3) is 0 Å². The molecule has 1 heterocycles. The zero-order valence-corrected chi connectivity index (χ0v) is 17.3. The second kappa shape index (κ2) is 6.19. The molecule has 0 radical (unpaired) electrons. The summed E-state index contributed by atoms with van der Waals surface area (Å²) in [4.78, 5) is 11.6. The lowest BCUT2D eigenvalue weighted by Crippen LogP contribution is -2.57. The number of carbonyl (C=O) groups is 1.